The third-order valence-electron chi connectivity index (χ3n) is 1.51. The van der Waals surface area contributed by atoms with Crippen molar-refractivity contribution < 1.29 is 12.9 Å². The van der Waals surface area contributed by atoms with E-state index in [1.165, 1.54) is 0 Å². The van der Waals surface area contributed by atoms with Crippen LogP contribution in [0.1, 0.15) is 6.42 Å². The van der Waals surface area contributed by atoms with Crippen molar-refractivity contribution >= 4 is 20.2 Å². The minimum absolute atomic E-state index is 0.0220. The highest BCUT2D eigenvalue weighted by molar-refractivity contribution is 8.27. The van der Waals surface area contributed by atoms with Crippen LogP contribution in [0.25, 0.3) is 0 Å². The zero-order chi connectivity index (χ0) is 8.54. The molecule has 4 N–H and O–H groups in total. The van der Waals surface area contributed by atoms with Gasteiger partial charge in [0.1, 0.15) is 0 Å². The van der Waals surface area contributed by atoms with Crippen LogP contribution in [0.15, 0.2) is 0 Å². The molecule has 7 heteroatoms. The number of nitrogens with two attached hydrogens (primary N) is 1. The Balaban J connectivity index is 2.33. The van der Waals surface area contributed by atoms with Gasteiger partial charge in [-0.1, -0.05) is 0 Å². The van der Waals surface area contributed by atoms with Gasteiger partial charge >= 0.3 is 0 Å². The fraction of sp³-hybridized carbons (Fsp3) is 1.00. The first-order valence-electron chi connectivity index (χ1n) is 3.07. The molecule has 0 radical (unpaired) electrons. The van der Waals surface area contributed by atoms with Gasteiger partial charge in [-0.05, 0) is 6.42 Å². The van der Waals surface area contributed by atoms with Crippen molar-refractivity contribution in [2.24, 2.45) is 5.73 Å². The highest BCUT2D eigenvalue weighted by atomic mass is 32.9. The normalized spacial score (nSPS) is 35.8. The molecule has 0 aromatic rings. The van der Waals surface area contributed by atoms with Crippen LogP contribution in [0.5, 0.6) is 0 Å². The summed E-state index contributed by atoms with van der Waals surface area (Å²) < 4.78 is 23.4. The van der Waals surface area contributed by atoms with Crippen LogP contribution in [0, 0.1) is 0 Å². The van der Waals surface area contributed by atoms with Crippen molar-refractivity contribution in [3.63, 3.8) is 0 Å². The van der Waals surface area contributed by atoms with E-state index in [2.05, 4.69) is 20.7 Å². The summed E-state index contributed by atoms with van der Waals surface area (Å²) in [5.74, 6) is 0. The molecule has 1 heterocycles. The molecule has 0 saturated carbocycles. The molecule has 11 heavy (non-hydrogen) atoms. The van der Waals surface area contributed by atoms with Crippen LogP contribution in [-0.4, -0.2) is 27.6 Å². The first-order valence-corrected chi connectivity index (χ1v) is 5.44. The minimum atomic E-state index is -3.52. The van der Waals surface area contributed by atoms with E-state index in [9.17, 15) is 4.21 Å². The third kappa shape index (κ3) is 2.97. The first kappa shape index (κ1) is 9.30. The summed E-state index contributed by atoms with van der Waals surface area (Å²) in [6, 6.07) is 0. The number of hydrogen-bond acceptors (Lipinski definition) is 5. The van der Waals surface area contributed by atoms with Gasteiger partial charge in [0.15, 0.2) is 0 Å². The Hall–Kier alpha value is 0.210. The Bertz CT molecular complexity index is 234. The van der Waals surface area contributed by atoms with Gasteiger partial charge in [-0.2, -0.15) is 4.21 Å². The van der Waals surface area contributed by atoms with Crippen LogP contribution in [-0.2, 0) is 24.4 Å². The van der Waals surface area contributed by atoms with Crippen molar-refractivity contribution in [1.29, 1.82) is 0 Å². The van der Waals surface area contributed by atoms with Crippen LogP contribution in [0.2, 0.25) is 0 Å². The lowest BCUT2D eigenvalue weighted by Crippen LogP contribution is -2.66. The molecule has 66 valence electrons. The van der Waals surface area contributed by atoms with E-state index >= 15 is 0 Å². The molecule has 1 aliphatic rings. The standard InChI is InChI=1S/C4H10N2O3S2/c5-4(1-2-6-4)3-9-11(7,8)10/h6H,1-3,5H2,(H,7,8,10)/t4-/m0/s1. The lowest BCUT2D eigenvalue weighted by atomic mass is 10.0. The minimum Gasteiger partial charge on any atom is -0.311 e. The second-order valence-corrected chi connectivity index (χ2v) is 4.88. The van der Waals surface area contributed by atoms with Crippen LogP contribution >= 0.6 is 0 Å². The van der Waals surface area contributed by atoms with Gasteiger partial charge in [0.25, 0.3) is 9.05 Å². The molecule has 0 aliphatic carbocycles. The Kier molecular flexibility index (Phi) is 2.47. The Morgan fingerprint density at radius 3 is 2.73 bits per heavy atom. The van der Waals surface area contributed by atoms with E-state index in [1.807, 2.05) is 0 Å². The summed E-state index contributed by atoms with van der Waals surface area (Å²) >= 11 is 4.10. The molecule has 0 spiro atoms. The Labute approximate surface area is 70.0 Å². The SMILES string of the molecule is N[C@@]1(COS(=O)(O)=S)CCN1. The molecule has 0 bridgehead atoms. The van der Waals surface area contributed by atoms with Gasteiger partial charge in [-0.25, -0.2) is 0 Å². The average Bonchev–Trinajstić information content (AvgIpc) is 1.77. The predicted molar refractivity (Wildman–Crippen MR) is 43.6 cm³/mol. The van der Waals surface area contributed by atoms with Crippen molar-refractivity contribution in [2.45, 2.75) is 12.1 Å². The van der Waals surface area contributed by atoms with Gasteiger partial charge in [-0.3, -0.25) is 14.1 Å². The summed E-state index contributed by atoms with van der Waals surface area (Å²) in [6.45, 7) is 0.787. The molecule has 5 nitrogen and oxygen atoms in total. The zero-order valence-corrected chi connectivity index (χ0v) is 7.41. The highest BCUT2D eigenvalue weighted by Crippen LogP contribution is 2.12. The van der Waals surface area contributed by atoms with Gasteiger partial charge < -0.3 is 5.73 Å². The molecule has 0 amide bonds. The maximum Gasteiger partial charge on any atom is 0.266 e. The predicted octanol–water partition coefficient (Wildman–Crippen LogP) is -1.21. The summed E-state index contributed by atoms with van der Waals surface area (Å²) in [7, 11) is -3.52. The number of nitrogens with one attached hydrogen (secondary N) is 1. The Morgan fingerprint density at radius 1 is 1.91 bits per heavy atom. The average molecular weight is 198 g/mol. The fourth-order valence-corrected chi connectivity index (χ4v) is 1.25. The van der Waals surface area contributed by atoms with E-state index in [0.717, 1.165) is 13.0 Å². The lowest BCUT2D eigenvalue weighted by molar-refractivity contribution is 0.123. The van der Waals surface area contributed by atoms with E-state index < -0.39 is 14.7 Å². The number of rotatable bonds is 3. The van der Waals surface area contributed by atoms with E-state index in [4.69, 9.17) is 10.3 Å². The number of hydrogen-bond donors (Lipinski definition) is 3. The van der Waals surface area contributed by atoms with Gasteiger partial charge in [-0.15, -0.1) is 0 Å². The molecule has 0 aromatic carbocycles. The van der Waals surface area contributed by atoms with Crippen molar-refractivity contribution in [3.05, 3.63) is 0 Å². The summed E-state index contributed by atoms with van der Waals surface area (Å²) in [6.07, 6.45) is 0.734. The second kappa shape index (κ2) is 2.92. The first-order chi connectivity index (χ1) is 4.91. The van der Waals surface area contributed by atoms with Crippen LogP contribution in [0.4, 0.5) is 0 Å². The van der Waals surface area contributed by atoms with E-state index in [-0.39, 0.29) is 6.61 Å². The quantitative estimate of drug-likeness (QED) is 0.527. The fourth-order valence-electron chi connectivity index (χ4n) is 0.749. The maximum absolute atomic E-state index is 10.4. The van der Waals surface area contributed by atoms with Gasteiger partial charge in [0, 0.05) is 17.7 Å². The smallest absolute Gasteiger partial charge is 0.266 e. The summed E-state index contributed by atoms with van der Waals surface area (Å²) in [4.78, 5) is 0. The Morgan fingerprint density at radius 2 is 2.45 bits per heavy atom. The zero-order valence-electron chi connectivity index (χ0n) is 5.78. The van der Waals surface area contributed by atoms with Crippen molar-refractivity contribution in [1.82, 2.24) is 5.32 Å². The molecular formula is C4H10N2O3S2. The largest absolute Gasteiger partial charge is 0.311 e. The second-order valence-electron chi connectivity index (χ2n) is 2.52. The molecule has 0 aromatic heterocycles. The molecule has 1 fully saturated rings. The highest BCUT2D eigenvalue weighted by Gasteiger charge is 2.33. The molecule has 1 rings (SSSR count). The topological polar surface area (TPSA) is 84.6 Å². The summed E-state index contributed by atoms with van der Waals surface area (Å²) in [5.41, 5.74) is 4.94. The third-order valence-corrected chi connectivity index (χ3v) is 2.22. The summed E-state index contributed by atoms with van der Waals surface area (Å²) in [5, 5.41) is 2.86. The molecular weight excluding hydrogens is 188 g/mol. The molecule has 1 saturated heterocycles. The monoisotopic (exact) mass is 198 g/mol. The van der Waals surface area contributed by atoms with Crippen molar-refractivity contribution in [3.8, 4) is 0 Å². The van der Waals surface area contributed by atoms with Crippen LogP contribution in [0.3, 0.4) is 0 Å². The molecule has 1 aliphatic heterocycles. The van der Waals surface area contributed by atoms with Crippen molar-refractivity contribution in [2.75, 3.05) is 13.2 Å². The molecule has 2 atom stereocenters. The van der Waals surface area contributed by atoms with E-state index in [1.54, 1.807) is 0 Å². The van der Waals surface area contributed by atoms with E-state index in [0.29, 0.717) is 0 Å². The van der Waals surface area contributed by atoms with Crippen LogP contribution < -0.4 is 11.1 Å². The molecule has 1 unspecified atom stereocenters. The lowest BCUT2D eigenvalue weighted by Gasteiger charge is -2.38. The maximum atomic E-state index is 10.4. The van der Waals surface area contributed by atoms with Gasteiger partial charge in [0.05, 0.1) is 12.3 Å². The van der Waals surface area contributed by atoms with Gasteiger partial charge in [0.2, 0.25) is 0 Å².